The molecule has 0 fully saturated rings. The number of aliphatic hydroxyl groups is 2. The van der Waals surface area contributed by atoms with E-state index in [1.165, 1.54) is 4.31 Å². The Morgan fingerprint density at radius 2 is 1.79 bits per heavy atom. The average Bonchev–Trinajstić information content (AvgIpc) is 2.03. The highest BCUT2D eigenvalue weighted by atomic mass is 32.2. The molecule has 0 spiro atoms. The van der Waals surface area contributed by atoms with Crippen LogP contribution in [-0.2, 0) is 10.0 Å². The molecule has 0 bridgehead atoms. The van der Waals surface area contributed by atoms with E-state index in [0.29, 0.717) is 13.0 Å². The SMILES string of the molecule is CC(C)N(CCCO)S(=O)(=O)CCO. The van der Waals surface area contributed by atoms with Gasteiger partial charge in [-0.1, -0.05) is 0 Å². The van der Waals surface area contributed by atoms with E-state index in [0.717, 1.165) is 0 Å². The Hall–Kier alpha value is -0.170. The van der Waals surface area contributed by atoms with E-state index in [2.05, 4.69) is 0 Å². The number of sulfonamides is 1. The highest BCUT2D eigenvalue weighted by Gasteiger charge is 2.23. The summed E-state index contributed by atoms with van der Waals surface area (Å²) >= 11 is 0. The first-order chi connectivity index (χ1) is 6.45. The molecule has 0 aliphatic heterocycles. The van der Waals surface area contributed by atoms with Gasteiger partial charge in [-0.15, -0.1) is 0 Å². The maximum Gasteiger partial charge on any atom is 0.216 e. The first-order valence-electron chi connectivity index (χ1n) is 4.67. The van der Waals surface area contributed by atoms with Gasteiger partial charge in [0.05, 0.1) is 12.4 Å². The highest BCUT2D eigenvalue weighted by molar-refractivity contribution is 7.89. The molecule has 0 saturated carbocycles. The molecule has 2 N–H and O–H groups in total. The summed E-state index contributed by atoms with van der Waals surface area (Å²) in [6.07, 6.45) is 0.419. The fourth-order valence-electron chi connectivity index (χ4n) is 1.18. The van der Waals surface area contributed by atoms with Crippen molar-refractivity contribution in [3.05, 3.63) is 0 Å². The predicted molar refractivity (Wildman–Crippen MR) is 54.4 cm³/mol. The third kappa shape index (κ3) is 4.36. The fraction of sp³-hybridized carbons (Fsp3) is 1.00. The Kier molecular flexibility index (Phi) is 6.26. The second-order valence-corrected chi connectivity index (χ2v) is 5.36. The molecule has 6 heteroatoms. The van der Waals surface area contributed by atoms with E-state index in [9.17, 15) is 8.42 Å². The Morgan fingerprint density at radius 3 is 2.14 bits per heavy atom. The van der Waals surface area contributed by atoms with E-state index in [1.807, 2.05) is 0 Å². The number of nitrogens with zero attached hydrogens (tertiary/aromatic N) is 1. The van der Waals surface area contributed by atoms with Crippen molar-refractivity contribution in [2.24, 2.45) is 0 Å². The zero-order valence-corrected chi connectivity index (χ0v) is 9.50. The Balaban J connectivity index is 4.48. The number of hydrogen-bond acceptors (Lipinski definition) is 4. The molecule has 0 aliphatic rings. The lowest BCUT2D eigenvalue weighted by atomic mass is 10.3. The Labute approximate surface area is 85.4 Å². The second kappa shape index (κ2) is 6.34. The quantitative estimate of drug-likeness (QED) is 0.606. The molecule has 0 aromatic heterocycles. The lowest BCUT2D eigenvalue weighted by molar-refractivity contribution is 0.256. The van der Waals surface area contributed by atoms with Crippen LogP contribution < -0.4 is 0 Å². The Bertz CT molecular complexity index is 238. The van der Waals surface area contributed by atoms with Gasteiger partial charge in [-0.25, -0.2) is 8.42 Å². The number of aliphatic hydroxyl groups excluding tert-OH is 2. The Morgan fingerprint density at radius 1 is 1.21 bits per heavy atom. The standard InChI is InChI=1S/C8H19NO4S/c1-8(2)9(4-3-5-10)14(12,13)7-6-11/h8,10-11H,3-7H2,1-2H3. The largest absolute Gasteiger partial charge is 0.396 e. The highest BCUT2D eigenvalue weighted by Crippen LogP contribution is 2.07. The summed E-state index contributed by atoms with van der Waals surface area (Å²) in [5.74, 6) is -0.253. The van der Waals surface area contributed by atoms with Gasteiger partial charge in [0.1, 0.15) is 0 Å². The molecule has 14 heavy (non-hydrogen) atoms. The van der Waals surface area contributed by atoms with Gasteiger partial charge in [0.2, 0.25) is 10.0 Å². The van der Waals surface area contributed by atoms with Crippen LogP contribution in [0.1, 0.15) is 20.3 Å². The van der Waals surface area contributed by atoms with Gasteiger partial charge in [-0.2, -0.15) is 4.31 Å². The van der Waals surface area contributed by atoms with Crippen molar-refractivity contribution in [2.75, 3.05) is 25.5 Å². The molecule has 0 radical (unpaired) electrons. The van der Waals surface area contributed by atoms with Gasteiger partial charge in [-0.3, -0.25) is 0 Å². The minimum Gasteiger partial charge on any atom is -0.396 e. The van der Waals surface area contributed by atoms with Crippen LogP contribution in [0.25, 0.3) is 0 Å². The van der Waals surface area contributed by atoms with Crippen molar-refractivity contribution < 1.29 is 18.6 Å². The van der Waals surface area contributed by atoms with Gasteiger partial charge in [0, 0.05) is 19.2 Å². The van der Waals surface area contributed by atoms with E-state index in [1.54, 1.807) is 13.8 Å². The van der Waals surface area contributed by atoms with Gasteiger partial charge in [0.25, 0.3) is 0 Å². The lowest BCUT2D eigenvalue weighted by Crippen LogP contribution is -2.40. The van der Waals surface area contributed by atoms with Crippen molar-refractivity contribution >= 4 is 10.0 Å². The summed E-state index contributed by atoms with van der Waals surface area (Å²) in [7, 11) is -3.37. The van der Waals surface area contributed by atoms with Gasteiger partial charge in [0.15, 0.2) is 0 Å². The maximum atomic E-state index is 11.6. The molecule has 0 unspecified atom stereocenters. The summed E-state index contributed by atoms with van der Waals surface area (Å²) in [4.78, 5) is 0. The van der Waals surface area contributed by atoms with Gasteiger partial charge in [-0.05, 0) is 20.3 Å². The minimum atomic E-state index is -3.37. The number of rotatable bonds is 7. The summed E-state index contributed by atoms with van der Waals surface area (Å²) in [5, 5.41) is 17.2. The van der Waals surface area contributed by atoms with Crippen LogP contribution in [0, 0.1) is 0 Å². The summed E-state index contributed by atoms with van der Waals surface area (Å²) in [6.45, 7) is 3.44. The average molecular weight is 225 g/mol. The molecule has 5 nitrogen and oxygen atoms in total. The van der Waals surface area contributed by atoms with Crippen LogP contribution in [0.15, 0.2) is 0 Å². The predicted octanol–water partition coefficient (Wildman–Crippen LogP) is -0.599. The maximum absolute atomic E-state index is 11.6. The van der Waals surface area contributed by atoms with Gasteiger partial charge < -0.3 is 10.2 Å². The smallest absolute Gasteiger partial charge is 0.216 e. The zero-order valence-electron chi connectivity index (χ0n) is 8.68. The fourth-order valence-corrected chi connectivity index (χ4v) is 2.69. The minimum absolute atomic E-state index is 0.0299. The molecular formula is C8H19NO4S. The molecule has 0 aliphatic carbocycles. The second-order valence-electron chi connectivity index (χ2n) is 3.32. The van der Waals surface area contributed by atoms with Gasteiger partial charge >= 0.3 is 0 Å². The third-order valence-corrected chi connectivity index (χ3v) is 3.84. The van der Waals surface area contributed by atoms with Crippen LogP contribution in [0.4, 0.5) is 0 Å². The van der Waals surface area contributed by atoms with Crippen LogP contribution in [-0.4, -0.2) is 54.5 Å². The van der Waals surface area contributed by atoms with Crippen molar-refractivity contribution in [1.82, 2.24) is 4.31 Å². The van der Waals surface area contributed by atoms with E-state index in [4.69, 9.17) is 10.2 Å². The van der Waals surface area contributed by atoms with Crippen molar-refractivity contribution in [3.63, 3.8) is 0 Å². The normalized spacial score (nSPS) is 12.7. The molecule has 86 valence electrons. The number of hydrogen-bond donors (Lipinski definition) is 2. The van der Waals surface area contributed by atoms with Crippen LogP contribution in [0.5, 0.6) is 0 Å². The summed E-state index contributed by atoms with van der Waals surface area (Å²) in [6, 6.07) is -0.141. The molecule has 0 heterocycles. The third-order valence-electron chi connectivity index (χ3n) is 1.82. The molecule has 0 amide bonds. The topological polar surface area (TPSA) is 77.8 Å². The molecule has 0 rings (SSSR count). The zero-order chi connectivity index (χ0) is 11.2. The van der Waals surface area contributed by atoms with Crippen molar-refractivity contribution in [1.29, 1.82) is 0 Å². The van der Waals surface area contributed by atoms with Crippen LogP contribution in [0.2, 0.25) is 0 Å². The monoisotopic (exact) mass is 225 g/mol. The molecule has 0 aromatic rings. The summed E-state index contributed by atoms with van der Waals surface area (Å²) in [5.41, 5.74) is 0. The van der Waals surface area contributed by atoms with Crippen molar-refractivity contribution in [3.8, 4) is 0 Å². The van der Waals surface area contributed by atoms with E-state index >= 15 is 0 Å². The first kappa shape index (κ1) is 13.8. The van der Waals surface area contributed by atoms with E-state index < -0.39 is 10.0 Å². The molecule has 0 aromatic carbocycles. The molecular weight excluding hydrogens is 206 g/mol. The molecule has 0 atom stereocenters. The van der Waals surface area contributed by atoms with Crippen molar-refractivity contribution in [2.45, 2.75) is 26.3 Å². The molecule has 0 saturated heterocycles. The summed E-state index contributed by atoms with van der Waals surface area (Å²) < 4.78 is 24.4. The van der Waals surface area contributed by atoms with Crippen LogP contribution in [0.3, 0.4) is 0 Å². The lowest BCUT2D eigenvalue weighted by Gasteiger charge is -2.25. The van der Waals surface area contributed by atoms with Crippen LogP contribution >= 0.6 is 0 Å². The van der Waals surface area contributed by atoms with E-state index in [-0.39, 0.29) is 25.0 Å². The first-order valence-corrected chi connectivity index (χ1v) is 6.28.